The predicted molar refractivity (Wildman–Crippen MR) is 188 cm³/mol. The molecule has 0 aliphatic carbocycles. The van der Waals surface area contributed by atoms with Crippen LogP contribution in [0.3, 0.4) is 0 Å². The quantitative estimate of drug-likeness (QED) is 0.149. The molecule has 0 bridgehead atoms. The summed E-state index contributed by atoms with van der Waals surface area (Å²) in [5.74, 6) is -1.29. The van der Waals surface area contributed by atoms with Crippen molar-refractivity contribution in [1.82, 2.24) is 15.2 Å². The van der Waals surface area contributed by atoms with Gasteiger partial charge in [-0.3, -0.25) is 9.78 Å². The van der Waals surface area contributed by atoms with Gasteiger partial charge < -0.3 is 24.4 Å². The minimum Gasteiger partial charge on any atom is -0.478 e. The molecular formula is C40H40FN3O6. The number of benzene rings is 4. The summed E-state index contributed by atoms with van der Waals surface area (Å²) >= 11 is 0. The first-order valence-corrected chi connectivity index (χ1v) is 16.5. The summed E-state index contributed by atoms with van der Waals surface area (Å²) in [6.07, 6.45) is 0.0753. The maximum Gasteiger partial charge on any atom is 0.413 e. The maximum atomic E-state index is 14.3. The molecule has 9 nitrogen and oxygen atoms in total. The van der Waals surface area contributed by atoms with Crippen LogP contribution in [0.1, 0.15) is 66.4 Å². The Bertz CT molecular complexity index is 1910. The van der Waals surface area contributed by atoms with Gasteiger partial charge in [0.25, 0.3) is 5.91 Å². The molecule has 0 saturated heterocycles. The number of fused-ring (bicyclic) bond motifs is 2. The lowest BCUT2D eigenvalue weighted by molar-refractivity contribution is -0.144. The number of carbonyl (C=O) groups excluding carboxylic acids is 3. The highest BCUT2D eigenvalue weighted by Crippen LogP contribution is 2.46. The monoisotopic (exact) mass is 677 g/mol. The van der Waals surface area contributed by atoms with E-state index >= 15 is 0 Å². The van der Waals surface area contributed by atoms with Crippen LogP contribution in [0.25, 0.3) is 10.9 Å². The number of ether oxygens (including phenoxy) is 3. The fourth-order valence-electron chi connectivity index (χ4n) is 5.84. The number of rotatable bonds is 10. The fraction of sp³-hybridized carbons (Fsp3) is 0.250. The van der Waals surface area contributed by atoms with Crippen molar-refractivity contribution in [2.75, 3.05) is 7.11 Å². The van der Waals surface area contributed by atoms with Gasteiger partial charge in [0.05, 0.1) is 19.2 Å². The normalized spacial score (nSPS) is 12.6. The lowest BCUT2D eigenvalue weighted by Crippen LogP contribution is -2.46. The summed E-state index contributed by atoms with van der Waals surface area (Å²) in [5, 5.41) is 3.05. The van der Waals surface area contributed by atoms with Gasteiger partial charge in [-0.1, -0.05) is 100 Å². The Morgan fingerprint density at radius 3 is 2.08 bits per heavy atom. The second-order valence-corrected chi connectivity index (χ2v) is 11.8. The van der Waals surface area contributed by atoms with Gasteiger partial charge in [0.15, 0.2) is 5.75 Å². The number of carbonyl (C=O) groups is 3. The highest BCUT2D eigenvalue weighted by Gasteiger charge is 2.38. The highest BCUT2D eigenvalue weighted by molar-refractivity contribution is 6.09. The Kier molecular flexibility index (Phi) is 11.4. The molecule has 1 aliphatic heterocycles. The first-order chi connectivity index (χ1) is 24.2. The van der Waals surface area contributed by atoms with Crippen LogP contribution in [-0.4, -0.2) is 41.0 Å². The Hall–Kier alpha value is -5.77. The van der Waals surface area contributed by atoms with Gasteiger partial charge in [-0.2, -0.15) is 0 Å². The third kappa shape index (κ3) is 7.59. The minimum absolute atomic E-state index is 0.0707. The third-order valence-electron chi connectivity index (χ3n) is 8.24. The number of esters is 1. The van der Waals surface area contributed by atoms with Gasteiger partial charge in [-0.25, -0.2) is 14.0 Å². The summed E-state index contributed by atoms with van der Waals surface area (Å²) in [6, 6.07) is 27.7. The largest absolute Gasteiger partial charge is 0.478 e. The van der Waals surface area contributed by atoms with Crippen LogP contribution in [0, 0.1) is 11.7 Å². The smallest absolute Gasteiger partial charge is 0.413 e. The van der Waals surface area contributed by atoms with Crippen LogP contribution in [0.4, 0.5) is 9.18 Å². The Morgan fingerprint density at radius 2 is 1.50 bits per heavy atom. The fourth-order valence-corrected chi connectivity index (χ4v) is 5.84. The van der Waals surface area contributed by atoms with Crippen LogP contribution >= 0.6 is 0 Å². The SMILES string of the molecule is CC.COC(=O)C(NC(=O)Oc1c2c(c(OC(c3ccccc3)c3ccccc3)c3ncccc13)C(=O)N(Cc1ccc(F)cc1)C2)C(C)C. The van der Waals surface area contributed by atoms with Gasteiger partial charge in [0, 0.05) is 23.7 Å². The highest BCUT2D eigenvalue weighted by atomic mass is 19.1. The molecule has 2 heterocycles. The lowest BCUT2D eigenvalue weighted by Gasteiger charge is -2.24. The van der Waals surface area contributed by atoms with Crippen molar-refractivity contribution in [3.8, 4) is 11.5 Å². The van der Waals surface area contributed by atoms with Crippen molar-refractivity contribution < 1.29 is 33.0 Å². The Morgan fingerprint density at radius 1 is 0.880 bits per heavy atom. The second-order valence-electron chi connectivity index (χ2n) is 11.8. The number of pyridine rings is 1. The number of nitrogens with one attached hydrogen (secondary N) is 1. The zero-order valence-corrected chi connectivity index (χ0v) is 28.7. The topological polar surface area (TPSA) is 107 Å². The molecule has 1 atom stereocenters. The summed E-state index contributed by atoms with van der Waals surface area (Å²) in [5.41, 5.74) is 3.38. The van der Waals surface area contributed by atoms with Crippen LogP contribution in [0.5, 0.6) is 11.5 Å². The summed E-state index contributed by atoms with van der Waals surface area (Å²) in [4.78, 5) is 46.3. The number of hydrogen-bond donors (Lipinski definition) is 1. The first-order valence-electron chi connectivity index (χ1n) is 16.5. The molecule has 0 spiro atoms. The van der Waals surface area contributed by atoms with Gasteiger partial charge >= 0.3 is 12.1 Å². The molecule has 1 N–H and O–H groups in total. The average Bonchev–Trinajstić information content (AvgIpc) is 3.47. The van der Waals surface area contributed by atoms with Gasteiger partial charge in [-0.15, -0.1) is 0 Å². The maximum absolute atomic E-state index is 14.3. The molecule has 6 rings (SSSR count). The van der Waals surface area contributed by atoms with Crippen molar-refractivity contribution in [3.63, 3.8) is 0 Å². The van der Waals surface area contributed by atoms with E-state index in [1.807, 2.05) is 74.5 Å². The van der Waals surface area contributed by atoms with Crippen molar-refractivity contribution in [2.45, 2.75) is 52.9 Å². The molecule has 258 valence electrons. The van der Waals surface area contributed by atoms with Crippen LogP contribution < -0.4 is 14.8 Å². The van der Waals surface area contributed by atoms with E-state index in [4.69, 9.17) is 14.2 Å². The number of amides is 2. The minimum atomic E-state index is -0.961. The lowest BCUT2D eigenvalue weighted by atomic mass is 9.99. The number of hydrogen-bond acceptors (Lipinski definition) is 7. The van der Waals surface area contributed by atoms with E-state index in [1.54, 1.807) is 49.2 Å². The Balaban J connectivity index is 0.00000239. The summed E-state index contributed by atoms with van der Waals surface area (Å²) in [6.45, 7) is 7.78. The number of halogens is 1. The van der Waals surface area contributed by atoms with E-state index in [9.17, 15) is 18.8 Å². The zero-order chi connectivity index (χ0) is 35.8. The summed E-state index contributed by atoms with van der Waals surface area (Å²) < 4.78 is 31.4. The third-order valence-corrected chi connectivity index (χ3v) is 8.24. The Labute approximate surface area is 291 Å². The molecule has 0 saturated carbocycles. The number of aromatic nitrogens is 1. The molecule has 0 radical (unpaired) electrons. The molecule has 1 aliphatic rings. The van der Waals surface area contributed by atoms with Gasteiger partial charge in [-0.05, 0) is 46.9 Å². The van der Waals surface area contributed by atoms with Crippen LogP contribution in [-0.2, 0) is 22.6 Å². The van der Waals surface area contributed by atoms with E-state index in [1.165, 1.54) is 19.2 Å². The standard InChI is InChI=1S/C38H34FN3O6.C2H6/c1-23(2)31(37(44)46-3)41-38(45)48-34-28-15-10-20-40-32(28)35(47-33(25-11-6-4-7-12-25)26-13-8-5-9-14-26)30-29(34)22-42(36(30)43)21-24-16-18-27(39)19-17-24;1-2/h4-20,23,31,33H,21-22H2,1-3H3,(H,41,45);1-2H3. The number of methoxy groups -OCH3 is 1. The van der Waals surface area contributed by atoms with Crippen LogP contribution in [0.2, 0.25) is 0 Å². The molecule has 4 aromatic carbocycles. The van der Waals surface area contributed by atoms with Crippen molar-refractivity contribution >= 4 is 28.9 Å². The summed E-state index contributed by atoms with van der Waals surface area (Å²) in [7, 11) is 1.25. The van der Waals surface area contributed by atoms with E-state index in [-0.39, 0.29) is 47.8 Å². The number of nitrogens with zero attached hydrogens (tertiary/aromatic N) is 2. The molecule has 0 fully saturated rings. The second kappa shape index (κ2) is 16.1. The van der Waals surface area contributed by atoms with E-state index in [0.717, 1.165) is 11.1 Å². The van der Waals surface area contributed by atoms with E-state index < -0.39 is 24.2 Å². The van der Waals surface area contributed by atoms with Crippen molar-refractivity contribution in [3.05, 3.63) is 137 Å². The van der Waals surface area contributed by atoms with E-state index in [0.29, 0.717) is 22.0 Å². The van der Waals surface area contributed by atoms with Crippen molar-refractivity contribution in [1.29, 1.82) is 0 Å². The predicted octanol–water partition coefficient (Wildman–Crippen LogP) is 8.01. The van der Waals surface area contributed by atoms with Crippen molar-refractivity contribution in [2.24, 2.45) is 5.92 Å². The molecule has 2 amide bonds. The molecule has 5 aromatic rings. The first kappa shape index (κ1) is 35.5. The molecule has 1 unspecified atom stereocenters. The molecule has 50 heavy (non-hydrogen) atoms. The zero-order valence-electron chi connectivity index (χ0n) is 28.7. The van der Waals surface area contributed by atoms with Gasteiger partial charge in [0.2, 0.25) is 0 Å². The van der Waals surface area contributed by atoms with Crippen LogP contribution in [0.15, 0.2) is 103 Å². The van der Waals surface area contributed by atoms with Gasteiger partial charge in [0.1, 0.15) is 29.2 Å². The van der Waals surface area contributed by atoms with E-state index in [2.05, 4.69) is 10.3 Å². The molecule has 1 aromatic heterocycles. The average molecular weight is 678 g/mol. The molecule has 10 heteroatoms. The molecular weight excluding hydrogens is 637 g/mol.